The second-order valence-electron chi connectivity index (χ2n) is 5.40. The van der Waals surface area contributed by atoms with Crippen LogP contribution in [0, 0.1) is 6.92 Å². The lowest BCUT2D eigenvalue weighted by molar-refractivity contribution is 0.725. The molecule has 112 valence electrons. The number of nitrogens with one attached hydrogen (secondary N) is 1. The van der Waals surface area contributed by atoms with Gasteiger partial charge in [-0.05, 0) is 25.1 Å². The van der Waals surface area contributed by atoms with Crippen molar-refractivity contribution in [3.05, 3.63) is 40.3 Å². The number of rotatable bonds is 1. The average Bonchev–Trinajstić information content (AvgIpc) is 3.08. The second-order valence-corrected chi connectivity index (χ2v) is 7.08. The van der Waals surface area contributed by atoms with Crippen LogP contribution >= 0.6 is 22.9 Å². The molecule has 0 bridgehead atoms. The highest BCUT2D eigenvalue weighted by atomic mass is 35.5. The molecule has 1 unspecified atom stereocenters. The van der Waals surface area contributed by atoms with Gasteiger partial charge in [-0.15, -0.1) is 21.5 Å². The molecular formula is C15H14ClN5S. The highest BCUT2D eigenvalue weighted by Gasteiger charge is 2.25. The molecule has 1 aliphatic rings. The Balaban J connectivity index is 1.99. The summed E-state index contributed by atoms with van der Waals surface area (Å²) in [6, 6.07) is 5.84. The lowest BCUT2D eigenvalue weighted by Crippen LogP contribution is -2.09. The van der Waals surface area contributed by atoms with Crippen molar-refractivity contribution in [2.24, 2.45) is 0 Å². The predicted octanol–water partition coefficient (Wildman–Crippen LogP) is 3.88. The van der Waals surface area contributed by atoms with Gasteiger partial charge in [-0.25, -0.2) is 4.98 Å². The first-order valence-corrected chi connectivity index (χ1v) is 8.25. The molecule has 0 saturated heterocycles. The first-order valence-electron chi connectivity index (χ1n) is 7.05. The Labute approximate surface area is 137 Å². The van der Waals surface area contributed by atoms with Gasteiger partial charge in [-0.3, -0.25) is 4.57 Å². The number of nitrogens with zero attached hydrogens (tertiary/aromatic N) is 4. The van der Waals surface area contributed by atoms with Crippen molar-refractivity contribution < 1.29 is 0 Å². The van der Waals surface area contributed by atoms with Crippen molar-refractivity contribution in [1.29, 1.82) is 0 Å². The third kappa shape index (κ3) is 2.10. The quantitative estimate of drug-likeness (QED) is 0.735. The van der Waals surface area contributed by atoms with Gasteiger partial charge in [0.15, 0.2) is 5.82 Å². The van der Waals surface area contributed by atoms with E-state index in [1.807, 2.05) is 31.3 Å². The summed E-state index contributed by atoms with van der Waals surface area (Å²) in [7, 11) is 0. The number of hydrogen-bond donors (Lipinski definition) is 1. The first-order chi connectivity index (χ1) is 10.6. The molecule has 2 aromatic heterocycles. The van der Waals surface area contributed by atoms with E-state index < -0.39 is 0 Å². The van der Waals surface area contributed by atoms with Crippen molar-refractivity contribution in [3.63, 3.8) is 0 Å². The minimum Gasteiger partial charge on any atom is -0.383 e. The van der Waals surface area contributed by atoms with Crippen molar-refractivity contribution in [3.8, 4) is 16.4 Å². The Morgan fingerprint density at radius 2 is 2.23 bits per heavy atom. The third-order valence-corrected chi connectivity index (χ3v) is 4.91. The fourth-order valence-corrected chi connectivity index (χ4v) is 3.60. The van der Waals surface area contributed by atoms with Gasteiger partial charge in [-0.1, -0.05) is 18.5 Å². The summed E-state index contributed by atoms with van der Waals surface area (Å²) >= 11 is 7.76. The largest absolute Gasteiger partial charge is 0.383 e. The molecule has 0 saturated carbocycles. The summed E-state index contributed by atoms with van der Waals surface area (Å²) in [4.78, 5) is 5.35. The minimum absolute atomic E-state index is 0.251. The maximum Gasteiger partial charge on any atom is 0.180 e. The monoisotopic (exact) mass is 331 g/mol. The van der Waals surface area contributed by atoms with Crippen LogP contribution < -0.4 is 5.32 Å². The molecular weight excluding hydrogens is 318 g/mol. The summed E-state index contributed by atoms with van der Waals surface area (Å²) < 4.78 is 2.11. The van der Waals surface area contributed by atoms with E-state index in [4.69, 9.17) is 11.6 Å². The lowest BCUT2D eigenvalue weighted by atomic mass is 10.2. The molecule has 5 nitrogen and oxygen atoms in total. The van der Waals surface area contributed by atoms with Crippen LogP contribution in [0.25, 0.3) is 16.4 Å². The van der Waals surface area contributed by atoms with E-state index in [9.17, 15) is 0 Å². The maximum atomic E-state index is 6.14. The van der Waals surface area contributed by atoms with Crippen LogP contribution in [0.2, 0.25) is 5.02 Å². The number of hydrogen-bond acceptors (Lipinski definition) is 5. The van der Waals surface area contributed by atoms with Gasteiger partial charge >= 0.3 is 0 Å². The van der Waals surface area contributed by atoms with E-state index in [0.717, 1.165) is 39.5 Å². The van der Waals surface area contributed by atoms with Crippen LogP contribution in [0.1, 0.15) is 23.7 Å². The molecule has 0 amide bonds. The summed E-state index contributed by atoms with van der Waals surface area (Å²) in [5.41, 5.74) is 2.02. The Morgan fingerprint density at radius 1 is 1.36 bits per heavy atom. The highest BCUT2D eigenvalue weighted by molar-refractivity contribution is 7.14. The maximum absolute atomic E-state index is 6.14. The topological polar surface area (TPSA) is 55.6 Å². The Kier molecular flexibility index (Phi) is 3.16. The highest BCUT2D eigenvalue weighted by Crippen LogP contribution is 2.35. The summed E-state index contributed by atoms with van der Waals surface area (Å²) in [5, 5.41) is 14.0. The molecule has 0 spiro atoms. The molecule has 0 radical (unpaired) electrons. The fourth-order valence-electron chi connectivity index (χ4n) is 2.68. The van der Waals surface area contributed by atoms with Crippen LogP contribution in [-0.2, 0) is 0 Å². The van der Waals surface area contributed by atoms with Crippen molar-refractivity contribution in [1.82, 2.24) is 19.7 Å². The summed E-state index contributed by atoms with van der Waals surface area (Å²) in [5.74, 6) is 2.04. The van der Waals surface area contributed by atoms with E-state index in [2.05, 4.69) is 32.0 Å². The molecule has 7 heteroatoms. The normalized spacial score (nSPS) is 16.6. The molecule has 1 atom stereocenters. The van der Waals surface area contributed by atoms with Crippen molar-refractivity contribution >= 4 is 28.6 Å². The van der Waals surface area contributed by atoms with Crippen LogP contribution in [0.3, 0.4) is 0 Å². The Hall–Kier alpha value is -1.92. The van der Waals surface area contributed by atoms with E-state index in [1.54, 1.807) is 11.3 Å². The SMILES string of the molecule is Cc1ncc(-c2nnc3n2-c2ccc(Cl)cc2NCC3C)s1. The molecule has 4 rings (SSSR count). The molecule has 1 N–H and O–H groups in total. The van der Waals surface area contributed by atoms with Crippen LogP contribution in [-0.4, -0.2) is 26.3 Å². The zero-order chi connectivity index (χ0) is 15.3. The number of aromatic nitrogens is 4. The fraction of sp³-hybridized carbons (Fsp3) is 0.267. The second kappa shape index (κ2) is 5.07. The van der Waals surface area contributed by atoms with Gasteiger partial charge in [0.2, 0.25) is 0 Å². The Bertz CT molecular complexity index is 853. The molecule has 3 aromatic rings. The smallest absolute Gasteiger partial charge is 0.180 e. The van der Waals surface area contributed by atoms with Gasteiger partial charge in [-0.2, -0.15) is 0 Å². The van der Waals surface area contributed by atoms with Crippen LogP contribution in [0.5, 0.6) is 0 Å². The number of fused-ring (bicyclic) bond motifs is 3. The van der Waals surface area contributed by atoms with Crippen molar-refractivity contribution in [2.45, 2.75) is 19.8 Å². The third-order valence-electron chi connectivity index (χ3n) is 3.77. The number of anilines is 1. The average molecular weight is 332 g/mol. The molecule has 1 aromatic carbocycles. The van der Waals surface area contributed by atoms with Crippen LogP contribution in [0.15, 0.2) is 24.4 Å². The van der Waals surface area contributed by atoms with Gasteiger partial charge < -0.3 is 5.32 Å². The summed E-state index contributed by atoms with van der Waals surface area (Å²) in [6.45, 7) is 4.93. The van der Waals surface area contributed by atoms with E-state index >= 15 is 0 Å². The van der Waals surface area contributed by atoms with E-state index in [-0.39, 0.29) is 5.92 Å². The number of thiazole rings is 1. The number of halogens is 1. The zero-order valence-electron chi connectivity index (χ0n) is 12.2. The molecule has 0 aliphatic carbocycles. The lowest BCUT2D eigenvalue weighted by Gasteiger charge is -2.11. The van der Waals surface area contributed by atoms with Crippen LogP contribution in [0.4, 0.5) is 5.69 Å². The molecule has 1 aliphatic heterocycles. The molecule has 22 heavy (non-hydrogen) atoms. The van der Waals surface area contributed by atoms with Gasteiger partial charge in [0.1, 0.15) is 5.82 Å². The van der Waals surface area contributed by atoms with Gasteiger partial charge in [0, 0.05) is 23.7 Å². The van der Waals surface area contributed by atoms with Gasteiger partial charge in [0.05, 0.1) is 21.3 Å². The summed E-state index contributed by atoms with van der Waals surface area (Å²) in [6.07, 6.45) is 1.86. The standard InChI is InChI=1S/C15H14ClN5S/c1-8-6-18-11-5-10(16)3-4-12(11)21-14(8)19-20-15(21)13-7-17-9(2)22-13/h3-5,7-8,18H,6H2,1-2H3. The molecule has 3 heterocycles. The van der Waals surface area contributed by atoms with E-state index in [0.29, 0.717) is 5.02 Å². The predicted molar refractivity (Wildman–Crippen MR) is 89.1 cm³/mol. The Morgan fingerprint density at radius 3 is 3.00 bits per heavy atom. The first kappa shape index (κ1) is 13.7. The molecule has 0 fully saturated rings. The van der Waals surface area contributed by atoms with Crippen molar-refractivity contribution in [2.75, 3.05) is 11.9 Å². The minimum atomic E-state index is 0.251. The zero-order valence-corrected chi connectivity index (χ0v) is 13.7. The van der Waals surface area contributed by atoms with E-state index in [1.165, 1.54) is 0 Å². The number of aryl methyl sites for hydroxylation is 1. The van der Waals surface area contributed by atoms with Gasteiger partial charge in [0.25, 0.3) is 0 Å². The number of benzene rings is 1.